The fourth-order valence-electron chi connectivity index (χ4n) is 3.49. The Bertz CT molecular complexity index is 486. The normalized spacial score (nSPS) is 23.6. The molecule has 0 saturated carbocycles. The van der Waals surface area contributed by atoms with Crippen LogP contribution in [0.15, 0.2) is 24.3 Å². The number of esters is 1. The van der Waals surface area contributed by atoms with Crippen LogP contribution < -0.4 is 0 Å². The summed E-state index contributed by atoms with van der Waals surface area (Å²) >= 11 is 0. The highest BCUT2D eigenvalue weighted by molar-refractivity contribution is 5.89. The second-order valence-corrected chi connectivity index (χ2v) is 6.11. The minimum absolute atomic E-state index is 0.266. The van der Waals surface area contributed by atoms with Gasteiger partial charge in [0.1, 0.15) is 0 Å². The number of fused-ring (bicyclic) bond motifs is 1. The van der Waals surface area contributed by atoms with Crippen LogP contribution in [-0.2, 0) is 11.3 Å². The molecule has 4 heteroatoms. The molecule has 1 unspecified atom stereocenters. The largest absolute Gasteiger partial charge is 0.465 e. The van der Waals surface area contributed by atoms with Gasteiger partial charge in [-0.3, -0.25) is 9.80 Å². The van der Waals surface area contributed by atoms with Gasteiger partial charge in [0.05, 0.1) is 12.7 Å². The molecular weight excluding hydrogens is 264 g/mol. The zero-order chi connectivity index (χ0) is 14.7. The van der Waals surface area contributed by atoms with Gasteiger partial charge in [0.15, 0.2) is 0 Å². The van der Waals surface area contributed by atoms with Gasteiger partial charge in [-0.05, 0) is 37.1 Å². The van der Waals surface area contributed by atoms with E-state index in [1.165, 1.54) is 51.6 Å². The predicted octanol–water partition coefficient (Wildman–Crippen LogP) is 2.14. The Morgan fingerprint density at radius 2 is 2.00 bits per heavy atom. The van der Waals surface area contributed by atoms with E-state index in [4.69, 9.17) is 4.74 Å². The molecule has 2 aliphatic rings. The molecule has 0 bridgehead atoms. The maximum atomic E-state index is 11.4. The third kappa shape index (κ3) is 3.44. The number of nitrogens with zero attached hydrogens (tertiary/aromatic N) is 2. The topological polar surface area (TPSA) is 32.8 Å². The number of ether oxygens (including phenoxy) is 1. The molecule has 1 aromatic carbocycles. The lowest BCUT2D eigenvalue weighted by Gasteiger charge is -2.44. The van der Waals surface area contributed by atoms with Gasteiger partial charge in [-0.1, -0.05) is 18.6 Å². The van der Waals surface area contributed by atoms with Crippen LogP contribution >= 0.6 is 0 Å². The summed E-state index contributed by atoms with van der Waals surface area (Å²) in [5.74, 6) is -0.266. The number of hydrogen-bond acceptors (Lipinski definition) is 4. The Labute approximate surface area is 126 Å². The second kappa shape index (κ2) is 6.58. The van der Waals surface area contributed by atoms with Crippen molar-refractivity contribution < 1.29 is 9.53 Å². The number of benzene rings is 1. The number of hydrogen-bond donors (Lipinski definition) is 0. The molecule has 0 radical (unpaired) electrons. The molecule has 0 spiro atoms. The minimum Gasteiger partial charge on any atom is -0.465 e. The molecule has 114 valence electrons. The third-order valence-corrected chi connectivity index (χ3v) is 4.70. The van der Waals surface area contributed by atoms with Crippen molar-refractivity contribution in [1.82, 2.24) is 9.80 Å². The zero-order valence-corrected chi connectivity index (χ0v) is 12.8. The average molecular weight is 288 g/mol. The molecule has 3 rings (SSSR count). The van der Waals surface area contributed by atoms with Crippen molar-refractivity contribution in [3.63, 3.8) is 0 Å². The van der Waals surface area contributed by atoms with E-state index in [-0.39, 0.29) is 5.97 Å². The predicted molar refractivity (Wildman–Crippen MR) is 82.3 cm³/mol. The maximum absolute atomic E-state index is 11.4. The van der Waals surface area contributed by atoms with Gasteiger partial charge in [-0.15, -0.1) is 0 Å². The molecule has 0 aliphatic carbocycles. The van der Waals surface area contributed by atoms with Crippen LogP contribution in [0.1, 0.15) is 35.2 Å². The molecule has 2 heterocycles. The van der Waals surface area contributed by atoms with E-state index in [9.17, 15) is 4.79 Å². The zero-order valence-electron chi connectivity index (χ0n) is 12.8. The van der Waals surface area contributed by atoms with E-state index in [0.717, 1.165) is 19.1 Å². The molecular formula is C17H24N2O2. The van der Waals surface area contributed by atoms with Crippen molar-refractivity contribution in [3.05, 3.63) is 35.4 Å². The van der Waals surface area contributed by atoms with Crippen molar-refractivity contribution >= 4 is 5.97 Å². The molecule has 0 N–H and O–H groups in total. The van der Waals surface area contributed by atoms with Crippen LogP contribution in [0.4, 0.5) is 0 Å². The Hall–Kier alpha value is -1.39. The quantitative estimate of drug-likeness (QED) is 0.798. The van der Waals surface area contributed by atoms with Crippen molar-refractivity contribution in [2.45, 2.75) is 31.8 Å². The summed E-state index contributed by atoms with van der Waals surface area (Å²) in [4.78, 5) is 16.6. The summed E-state index contributed by atoms with van der Waals surface area (Å²) < 4.78 is 4.73. The molecule has 2 fully saturated rings. The monoisotopic (exact) mass is 288 g/mol. The Kier molecular flexibility index (Phi) is 4.56. The van der Waals surface area contributed by atoms with Crippen LogP contribution in [0, 0.1) is 0 Å². The summed E-state index contributed by atoms with van der Waals surface area (Å²) in [5, 5.41) is 0. The van der Waals surface area contributed by atoms with E-state index in [1.807, 2.05) is 24.3 Å². The lowest BCUT2D eigenvalue weighted by atomic mass is 9.99. The number of piperidine rings is 1. The average Bonchev–Trinajstić information content (AvgIpc) is 2.55. The van der Waals surface area contributed by atoms with Crippen molar-refractivity contribution in [1.29, 1.82) is 0 Å². The van der Waals surface area contributed by atoms with Gasteiger partial charge in [0.25, 0.3) is 0 Å². The first-order valence-corrected chi connectivity index (χ1v) is 7.90. The van der Waals surface area contributed by atoms with Gasteiger partial charge in [-0.25, -0.2) is 4.79 Å². The standard InChI is InChI=1S/C17H24N2O2/c1-21-17(20)15-7-5-14(6-8-15)12-18-10-11-19-9-3-2-4-16(19)13-18/h5-8,16H,2-4,9-13H2,1H3. The first kappa shape index (κ1) is 14.5. The fourth-order valence-corrected chi connectivity index (χ4v) is 3.49. The molecule has 2 aliphatic heterocycles. The van der Waals surface area contributed by atoms with Gasteiger partial charge in [0, 0.05) is 32.2 Å². The maximum Gasteiger partial charge on any atom is 0.337 e. The SMILES string of the molecule is COC(=O)c1ccc(CN2CCN3CCCCC3C2)cc1. The highest BCUT2D eigenvalue weighted by Gasteiger charge is 2.28. The molecule has 4 nitrogen and oxygen atoms in total. The highest BCUT2D eigenvalue weighted by atomic mass is 16.5. The fraction of sp³-hybridized carbons (Fsp3) is 0.588. The number of rotatable bonds is 3. The first-order chi connectivity index (χ1) is 10.3. The number of carbonyl (C=O) groups is 1. The van der Waals surface area contributed by atoms with E-state index in [0.29, 0.717) is 5.56 Å². The molecule has 2 saturated heterocycles. The van der Waals surface area contributed by atoms with E-state index < -0.39 is 0 Å². The van der Waals surface area contributed by atoms with E-state index in [1.54, 1.807) is 0 Å². The summed E-state index contributed by atoms with van der Waals surface area (Å²) in [6.45, 7) is 5.79. The van der Waals surface area contributed by atoms with Crippen LogP contribution in [0.3, 0.4) is 0 Å². The summed E-state index contributed by atoms with van der Waals surface area (Å²) in [6.07, 6.45) is 4.09. The van der Waals surface area contributed by atoms with Crippen LogP contribution in [0.25, 0.3) is 0 Å². The first-order valence-electron chi connectivity index (χ1n) is 7.90. The van der Waals surface area contributed by atoms with Gasteiger partial charge in [0.2, 0.25) is 0 Å². The van der Waals surface area contributed by atoms with Crippen molar-refractivity contribution in [3.8, 4) is 0 Å². The van der Waals surface area contributed by atoms with Gasteiger partial charge in [-0.2, -0.15) is 0 Å². The summed E-state index contributed by atoms with van der Waals surface area (Å²) in [5.41, 5.74) is 1.89. The molecule has 21 heavy (non-hydrogen) atoms. The van der Waals surface area contributed by atoms with Crippen molar-refractivity contribution in [2.75, 3.05) is 33.3 Å². The molecule has 1 atom stereocenters. The summed E-state index contributed by atoms with van der Waals surface area (Å²) in [7, 11) is 1.42. The Morgan fingerprint density at radius 1 is 1.19 bits per heavy atom. The Balaban J connectivity index is 1.58. The lowest BCUT2D eigenvalue weighted by Crippen LogP contribution is -2.54. The van der Waals surface area contributed by atoms with E-state index >= 15 is 0 Å². The summed E-state index contributed by atoms with van der Waals surface area (Å²) in [6, 6.07) is 8.55. The van der Waals surface area contributed by atoms with Crippen LogP contribution in [-0.4, -0.2) is 55.1 Å². The smallest absolute Gasteiger partial charge is 0.337 e. The molecule has 0 amide bonds. The number of carbonyl (C=O) groups excluding carboxylic acids is 1. The third-order valence-electron chi connectivity index (χ3n) is 4.70. The van der Waals surface area contributed by atoms with Gasteiger partial charge >= 0.3 is 5.97 Å². The molecule has 1 aromatic rings. The van der Waals surface area contributed by atoms with Crippen molar-refractivity contribution in [2.24, 2.45) is 0 Å². The Morgan fingerprint density at radius 3 is 2.76 bits per heavy atom. The number of methoxy groups -OCH3 is 1. The van der Waals surface area contributed by atoms with Crippen LogP contribution in [0.5, 0.6) is 0 Å². The molecule has 0 aromatic heterocycles. The van der Waals surface area contributed by atoms with E-state index in [2.05, 4.69) is 9.80 Å². The lowest BCUT2D eigenvalue weighted by molar-refractivity contribution is 0.0457. The second-order valence-electron chi connectivity index (χ2n) is 6.11. The number of piperazine rings is 1. The van der Waals surface area contributed by atoms with Gasteiger partial charge < -0.3 is 4.74 Å². The van der Waals surface area contributed by atoms with Crippen LogP contribution in [0.2, 0.25) is 0 Å². The minimum atomic E-state index is -0.266. The highest BCUT2D eigenvalue weighted by Crippen LogP contribution is 2.22.